The van der Waals surface area contributed by atoms with Crippen LogP contribution in [0.2, 0.25) is 0 Å². The van der Waals surface area contributed by atoms with Gasteiger partial charge in [0.25, 0.3) is 0 Å². The summed E-state index contributed by atoms with van der Waals surface area (Å²) in [5.41, 5.74) is 4.57. The van der Waals surface area contributed by atoms with E-state index < -0.39 is 6.42 Å². The summed E-state index contributed by atoms with van der Waals surface area (Å²) in [7, 11) is 1.71. The molecule has 4 rings (SSSR count). The van der Waals surface area contributed by atoms with Gasteiger partial charge in [-0.05, 0) is 42.5 Å². The van der Waals surface area contributed by atoms with Crippen LogP contribution in [-0.4, -0.2) is 19.9 Å². The molecule has 0 spiro atoms. The number of nitrogens with zero attached hydrogens (tertiary/aromatic N) is 3. The maximum absolute atomic E-state index is 6.15. The fraction of sp³-hybridized carbons (Fsp3) is 0.286. The standard InChI is InChI=1S/C21H24N3OPS/c1-5-23-18-14-10-9-13-17(18)21(2,3)20(23)19-15-22-24(26(19,27)25-4)16-11-7-6-8-12-16/h6-15H,5H2,1-4H3/b20-19-. The van der Waals surface area contributed by atoms with E-state index in [0.29, 0.717) is 0 Å². The molecule has 0 amide bonds. The Balaban J connectivity index is 1.93. The second kappa shape index (κ2) is 6.59. The van der Waals surface area contributed by atoms with E-state index in [-0.39, 0.29) is 5.41 Å². The lowest BCUT2D eigenvalue weighted by atomic mass is 9.84. The molecule has 0 saturated carbocycles. The first-order valence-electron chi connectivity index (χ1n) is 9.13. The number of anilines is 2. The molecule has 140 valence electrons. The monoisotopic (exact) mass is 397 g/mol. The Bertz CT molecular complexity index is 984. The summed E-state index contributed by atoms with van der Waals surface area (Å²) in [6.45, 7) is 7.57. The van der Waals surface area contributed by atoms with E-state index in [2.05, 4.69) is 49.9 Å². The van der Waals surface area contributed by atoms with Crippen molar-refractivity contribution in [2.45, 2.75) is 26.2 Å². The van der Waals surface area contributed by atoms with Crippen molar-refractivity contribution in [3.8, 4) is 0 Å². The number of fused-ring (bicyclic) bond motifs is 1. The minimum absolute atomic E-state index is 0.163. The second-order valence-electron chi connectivity index (χ2n) is 7.19. The molecule has 6 heteroatoms. The molecule has 4 nitrogen and oxygen atoms in total. The number of hydrogen-bond acceptors (Lipinski definition) is 4. The van der Waals surface area contributed by atoms with Crippen molar-refractivity contribution < 1.29 is 4.52 Å². The van der Waals surface area contributed by atoms with Gasteiger partial charge in [-0.25, -0.2) is 4.78 Å². The van der Waals surface area contributed by atoms with E-state index >= 15 is 0 Å². The molecular formula is C21H24N3OPS. The van der Waals surface area contributed by atoms with Crippen LogP contribution >= 0.6 is 6.42 Å². The Morgan fingerprint density at radius 2 is 1.74 bits per heavy atom. The number of likely N-dealkylation sites (N-methyl/N-ethyl adjacent to an activating group) is 1. The smallest absolute Gasteiger partial charge is 0.209 e. The first-order valence-corrected chi connectivity index (χ1v) is 11.8. The fourth-order valence-electron chi connectivity index (χ4n) is 4.11. The molecule has 0 saturated heterocycles. The van der Waals surface area contributed by atoms with Crippen LogP contribution in [0.25, 0.3) is 0 Å². The van der Waals surface area contributed by atoms with E-state index in [4.69, 9.17) is 21.4 Å². The van der Waals surface area contributed by atoms with Crippen molar-refractivity contribution >= 4 is 35.8 Å². The van der Waals surface area contributed by atoms with Gasteiger partial charge in [0.2, 0.25) is 6.42 Å². The number of hydrazone groups is 1. The van der Waals surface area contributed by atoms with E-state index in [0.717, 1.165) is 17.5 Å². The van der Waals surface area contributed by atoms with Crippen LogP contribution in [0, 0.1) is 0 Å². The van der Waals surface area contributed by atoms with Crippen molar-refractivity contribution in [1.82, 2.24) is 0 Å². The Labute approximate surface area is 166 Å². The summed E-state index contributed by atoms with van der Waals surface area (Å²) >= 11 is 6.15. The minimum Gasteiger partial charge on any atom is -0.343 e. The van der Waals surface area contributed by atoms with Crippen molar-refractivity contribution in [3.63, 3.8) is 0 Å². The first-order chi connectivity index (χ1) is 12.9. The Kier molecular flexibility index (Phi) is 4.50. The van der Waals surface area contributed by atoms with Crippen molar-refractivity contribution in [1.29, 1.82) is 0 Å². The highest BCUT2D eigenvalue weighted by Gasteiger charge is 2.47. The van der Waals surface area contributed by atoms with Gasteiger partial charge in [0, 0.05) is 30.5 Å². The Morgan fingerprint density at radius 1 is 1.07 bits per heavy atom. The number of hydrogen-bond donors (Lipinski definition) is 0. The van der Waals surface area contributed by atoms with Crippen LogP contribution in [0.1, 0.15) is 26.3 Å². The van der Waals surface area contributed by atoms with E-state index in [1.54, 1.807) is 7.11 Å². The molecule has 27 heavy (non-hydrogen) atoms. The summed E-state index contributed by atoms with van der Waals surface area (Å²) in [5.74, 6) is 0. The molecule has 0 aromatic heterocycles. The van der Waals surface area contributed by atoms with Crippen LogP contribution in [-0.2, 0) is 21.7 Å². The molecule has 1 unspecified atom stereocenters. The zero-order valence-corrected chi connectivity index (χ0v) is 17.8. The second-order valence-corrected chi connectivity index (χ2v) is 10.9. The van der Waals surface area contributed by atoms with Crippen LogP contribution < -0.4 is 9.68 Å². The van der Waals surface area contributed by atoms with Gasteiger partial charge >= 0.3 is 0 Å². The van der Waals surface area contributed by atoms with Gasteiger partial charge < -0.3 is 9.42 Å². The molecule has 0 bridgehead atoms. The van der Waals surface area contributed by atoms with Crippen LogP contribution in [0.4, 0.5) is 11.4 Å². The maximum atomic E-state index is 6.15. The number of benzene rings is 2. The molecular weight excluding hydrogens is 373 g/mol. The average Bonchev–Trinajstić information content (AvgIpc) is 3.14. The van der Waals surface area contributed by atoms with E-state index in [9.17, 15) is 0 Å². The lowest BCUT2D eigenvalue weighted by Crippen LogP contribution is -2.28. The summed E-state index contributed by atoms with van der Waals surface area (Å²) in [4.78, 5) is 2.37. The summed E-state index contributed by atoms with van der Waals surface area (Å²) in [6.07, 6.45) is -0.599. The van der Waals surface area contributed by atoms with Gasteiger partial charge in [0.05, 0.1) is 17.2 Å². The van der Waals surface area contributed by atoms with Gasteiger partial charge in [-0.3, -0.25) is 0 Å². The third kappa shape index (κ3) is 2.60. The van der Waals surface area contributed by atoms with Crippen molar-refractivity contribution in [3.05, 3.63) is 71.2 Å². The molecule has 0 aliphatic carbocycles. The van der Waals surface area contributed by atoms with E-state index in [1.807, 2.05) is 41.3 Å². The Hall–Kier alpha value is -1.94. The third-order valence-corrected chi connectivity index (χ3v) is 9.13. The predicted octanol–water partition coefficient (Wildman–Crippen LogP) is 5.48. The number of rotatable bonds is 3. The molecule has 2 aliphatic heterocycles. The highest BCUT2D eigenvalue weighted by atomic mass is 32.4. The SMILES string of the molecule is CCN1/C(=C2/C=NN(c3ccccc3)P2(=S)OC)C(C)(C)c2ccccc21. The highest BCUT2D eigenvalue weighted by Crippen LogP contribution is 2.65. The average molecular weight is 397 g/mol. The predicted molar refractivity (Wildman–Crippen MR) is 118 cm³/mol. The van der Waals surface area contributed by atoms with Gasteiger partial charge in [-0.2, -0.15) is 5.10 Å². The molecule has 2 heterocycles. The fourth-order valence-corrected chi connectivity index (χ4v) is 6.97. The van der Waals surface area contributed by atoms with E-state index in [1.165, 1.54) is 16.9 Å². The normalized spacial score (nSPS) is 25.9. The van der Waals surface area contributed by atoms with Crippen LogP contribution in [0.5, 0.6) is 0 Å². The zero-order chi connectivity index (χ0) is 19.2. The summed E-state index contributed by atoms with van der Waals surface area (Å²) in [5, 5.41) is 5.73. The molecule has 0 N–H and O–H groups in total. The van der Waals surface area contributed by atoms with Gasteiger partial charge in [0.15, 0.2) is 0 Å². The summed E-state index contributed by atoms with van der Waals surface area (Å²) in [6, 6.07) is 18.6. The number of para-hydroxylation sites is 2. The van der Waals surface area contributed by atoms with Gasteiger partial charge in [-0.1, -0.05) is 50.2 Å². The minimum atomic E-state index is -2.52. The molecule has 0 fully saturated rings. The molecule has 0 radical (unpaired) electrons. The molecule has 2 aromatic carbocycles. The summed E-state index contributed by atoms with van der Waals surface area (Å²) < 4.78 is 7.92. The lowest BCUT2D eigenvalue weighted by Gasteiger charge is -2.32. The molecule has 2 aromatic rings. The zero-order valence-electron chi connectivity index (χ0n) is 16.1. The topological polar surface area (TPSA) is 28.1 Å². The lowest BCUT2D eigenvalue weighted by molar-refractivity contribution is 0.462. The largest absolute Gasteiger partial charge is 0.343 e. The number of allylic oxidation sites excluding steroid dienone is 2. The van der Waals surface area contributed by atoms with Crippen molar-refractivity contribution in [2.75, 3.05) is 23.3 Å². The van der Waals surface area contributed by atoms with Gasteiger partial charge in [0.1, 0.15) is 0 Å². The highest BCUT2D eigenvalue weighted by molar-refractivity contribution is 8.15. The first kappa shape index (κ1) is 18.4. The molecule has 2 aliphatic rings. The van der Waals surface area contributed by atoms with Crippen LogP contribution in [0.3, 0.4) is 0 Å². The van der Waals surface area contributed by atoms with Crippen LogP contribution in [0.15, 0.2) is 70.7 Å². The van der Waals surface area contributed by atoms with Gasteiger partial charge in [-0.15, -0.1) is 0 Å². The Morgan fingerprint density at radius 3 is 2.41 bits per heavy atom. The maximum Gasteiger partial charge on any atom is 0.209 e. The van der Waals surface area contributed by atoms with Crippen molar-refractivity contribution in [2.24, 2.45) is 5.10 Å². The third-order valence-electron chi connectivity index (χ3n) is 5.37. The molecule has 1 atom stereocenters. The quantitative estimate of drug-likeness (QED) is 0.642.